The van der Waals surface area contributed by atoms with Crippen molar-refractivity contribution in [3.63, 3.8) is 0 Å². The number of carbonyl (C=O) groups is 1. The summed E-state index contributed by atoms with van der Waals surface area (Å²) in [6, 6.07) is 0. The molecule has 0 aliphatic heterocycles. The van der Waals surface area contributed by atoms with Crippen LogP contribution < -0.4 is 11.2 Å². The van der Waals surface area contributed by atoms with Gasteiger partial charge in [0.25, 0.3) is 0 Å². The van der Waals surface area contributed by atoms with Crippen molar-refractivity contribution in [1.29, 1.82) is 0 Å². The average molecular weight is 213 g/mol. The van der Waals surface area contributed by atoms with Crippen LogP contribution in [0.5, 0.6) is 0 Å². The fourth-order valence-corrected chi connectivity index (χ4v) is 2.38. The van der Waals surface area contributed by atoms with Crippen LogP contribution in [0.2, 0.25) is 0 Å². The summed E-state index contributed by atoms with van der Waals surface area (Å²) in [6.45, 7) is 0.633. The van der Waals surface area contributed by atoms with Crippen LogP contribution >= 0.6 is 0 Å². The van der Waals surface area contributed by atoms with Crippen LogP contribution in [-0.2, 0) is 4.79 Å². The van der Waals surface area contributed by atoms with Gasteiger partial charge in [-0.15, -0.1) is 0 Å². The van der Waals surface area contributed by atoms with Crippen molar-refractivity contribution in [3.8, 4) is 0 Å². The van der Waals surface area contributed by atoms with Crippen molar-refractivity contribution < 1.29 is 4.79 Å². The number of nitrogens with zero attached hydrogens (tertiary/aromatic N) is 1. The summed E-state index contributed by atoms with van der Waals surface area (Å²) in [5.41, 5.74) is 8.68. The van der Waals surface area contributed by atoms with Crippen molar-refractivity contribution in [2.24, 2.45) is 11.1 Å². The molecule has 0 aromatic rings. The lowest BCUT2D eigenvalue weighted by atomic mass is 9.72. The van der Waals surface area contributed by atoms with E-state index in [1.807, 2.05) is 14.1 Å². The average Bonchev–Trinajstić information content (AvgIpc) is 2.17. The molecule has 4 nitrogen and oxygen atoms in total. The van der Waals surface area contributed by atoms with E-state index in [0.29, 0.717) is 13.0 Å². The Morgan fingerprint density at radius 3 is 2.40 bits per heavy atom. The molecule has 3 N–H and O–H groups in total. The third kappa shape index (κ3) is 3.80. The number of hydrazine groups is 1. The summed E-state index contributed by atoms with van der Waals surface area (Å²) in [5, 5.41) is 1.69. The van der Waals surface area contributed by atoms with Crippen LogP contribution in [0.25, 0.3) is 0 Å². The molecule has 1 fully saturated rings. The minimum atomic E-state index is 0.0678. The molecule has 1 rings (SSSR count). The fraction of sp³-hybridized carbons (Fsp3) is 0.909. The zero-order chi connectivity index (χ0) is 11.3. The summed E-state index contributed by atoms with van der Waals surface area (Å²) in [6.07, 6.45) is 6.49. The first kappa shape index (κ1) is 12.5. The zero-order valence-corrected chi connectivity index (χ0v) is 9.88. The zero-order valence-electron chi connectivity index (χ0n) is 9.88. The van der Waals surface area contributed by atoms with Crippen molar-refractivity contribution in [3.05, 3.63) is 0 Å². The molecular formula is C11H23N3O. The number of nitrogens with one attached hydrogen (secondary N) is 1. The smallest absolute Gasteiger partial charge is 0.234 e. The molecule has 1 amide bonds. The monoisotopic (exact) mass is 213 g/mol. The molecule has 0 aromatic carbocycles. The molecule has 88 valence electrons. The second-order valence-corrected chi connectivity index (χ2v) is 4.87. The molecule has 0 spiro atoms. The molecule has 0 heterocycles. The summed E-state index contributed by atoms with van der Waals surface area (Å²) >= 11 is 0. The van der Waals surface area contributed by atoms with Crippen molar-refractivity contribution in [2.45, 2.75) is 38.5 Å². The summed E-state index contributed by atoms with van der Waals surface area (Å²) in [7, 11) is 3.65. The summed E-state index contributed by atoms with van der Waals surface area (Å²) in [4.78, 5) is 11.7. The largest absolute Gasteiger partial charge is 0.330 e. The van der Waals surface area contributed by atoms with E-state index in [0.717, 1.165) is 12.8 Å². The van der Waals surface area contributed by atoms with Crippen LogP contribution in [0.4, 0.5) is 0 Å². The third-order valence-electron chi connectivity index (χ3n) is 3.23. The van der Waals surface area contributed by atoms with Gasteiger partial charge < -0.3 is 5.73 Å². The first-order chi connectivity index (χ1) is 7.08. The van der Waals surface area contributed by atoms with Gasteiger partial charge in [0.1, 0.15) is 0 Å². The molecular weight excluding hydrogens is 190 g/mol. The van der Waals surface area contributed by atoms with E-state index in [-0.39, 0.29) is 11.3 Å². The maximum absolute atomic E-state index is 11.7. The number of hydrogen-bond acceptors (Lipinski definition) is 3. The van der Waals surface area contributed by atoms with E-state index >= 15 is 0 Å². The van der Waals surface area contributed by atoms with Gasteiger partial charge in [-0.2, -0.15) is 0 Å². The van der Waals surface area contributed by atoms with E-state index in [9.17, 15) is 4.79 Å². The lowest BCUT2D eigenvalue weighted by molar-refractivity contribution is -0.127. The van der Waals surface area contributed by atoms with E-state index < -0.39 is 0 Å². The Morgan fingerprint density at radius 1 is 1.33 bits per heavy atom. The van der Waals surface area contributed by atoms with Crippen LogP contribution in [0.3, 0.4) is 0 Å². The highest BCUT2D eigenvalue weighted by molar-refractivity contribution is 5.76. The van der Waals surface area contributed by atoms with Gasteiger partial charge in [0.15, 0.2) is 0 Å². The highest BCUT2D eigenvalue weighted by Gasteiger charge is 2.32. The topological polar surface area (TPSA) is 58.4 Å². The van der Waals surface area contributed by atoms with Gasteiger partial charge in [-0.1, -0.05) is 19.3 Å². The van der Waals surface area contributed by atoms with E-state index in [4.69, 9.17) is 5.73 Å². The van der Waals surface area contributed by atoms with Gasteiger partial charge in [-0.25, -0.2) is 5.01 Å². The van der Waals surface area contributed by atoms with Crippen LogP contribution in [0.15, 0.2) is 0 Å². The Hall–Kier alpha value is -0.610. The first-order valence-electron chi connectivity index (χ1n) is 5.75. The third-order valence-corrected chi connectivity index (χ3v) is 3.23. The van der Waals surface area contributed by atoms with E-state index in [1.165, 1.54) is 19.3 Å². The molecule has 15 heavy (non-hydrogen) atoms. The molecule has 0 bridgehead atoms. The predicted molar refractivity (Wildman–Crippen MR) is 61.0 cm³/mol. The Morgan fingerprint density at radius 2 is 1.93 bits per heavy atom. The molecule has 0 unspecified atom stereocenters. The molecule has 4 heteroatoms. The number of nitrogens with two attached hydrogens (primary N) is 1. The molecule has 0 saturated heterocycles. The quantitative estimate of drug-likeness (QED) is 0.682. The van der Waals surface area contributed by atoms with E-state index in [2.05, 4.69) is 5.43 Å². The Balaban J connectivity index is 2.47. The second kappa shape index (κ2) is 5.47. The van der Waals surface area contributed by atoms with Crippen molar-refractivity contribution in [2.75, 3.05) is 20.6 Å². The van der Waals surface area contributed by atoms with Gasteiger partial charge >= 0.3 is 0 Å². The number of amides is 1. The first-order valence-corrected chi connectivity index (χ1v) is 5.75. The van der Waals surface area contributed by atoms with Crippen molar-refractivity contribution in [1.82, 2.24) is 10.4 Å². The number of hydrogen-bond donors (Lipinski definition) is 2. The van der Waals surface area contributed by atoms with Crippen LogP contribution in [-0.4, -0.2) is 31.6 Å². The Bertz CT molecular complexity index is 210. The molecule has 0 aromatic heterocycles. The molecule has 1 saturated carbocycles. The standard InChI is InChI=1S/C11H23N3O/c1-14(2)13-10(15)8-11(9-12)6-4-3-5-7-11/h3-9,12H2,1-2H3,(H,13,15). The summed E-state index contributed by atoms with van der Waals surface area (Å²) < 4.78 is 0. The predicted octanol–water partition coefficient (Wildman–Crippen LogP) is 0.878. The highest BCUT2D eigenvalue weighted by Crippen LogP contribution is 2.38. The minimum Gasteiger partial charge on any atom is -0.330 e. The molecule has 0 atom stereocenters. The van der Waals surface area contributed by atoms with Crippen LogP contribution in [0.1, 0.15) is 38.5 Å². The van der Waals surface area contributed by atoms with Gasteiger partial charge in [-0.3, -0.25) is 10.2 Å². The van der Waals surface area contributed by atoms with E-state index in [1.54, 1.807) is 5.01 Å². The van der Waals surface area contributed by atoms with Gasteiger partial charge in [-0.05, 0) is 24.8 Å². The summed E-state index contributed by atoms with van der Waals surface area (Å²) in [5.74, 6) is 0.0901. The lowest BCUT2D eigenvalue weighted by Gasteiger charge is -2.35. The number of rotatable bonds is 4. The van der Waals surface area contributed by atoms with Gasteiger partial charge in [0.2, 0.25) is 5.91 Å². The SMILES string of the molecule is CN(C)NC(=O)CC1(CN)CCCCC1. The van der Waals surface area contributed by atoms with Crippen LogP contribution in [0, 0.1) is 5.41 Å². The normalized spacial score (nSPS) is 20.3. The van der Waals surface area contributed by atoms with Gasteiger partial charge in [0.05, 0.1) is 0 Å². The fourth-order valence-electron chi connectivity index (χ4n) is 2.38. The maximum atomic E-state index is 11.7. The highest BCUT2D eigenvalue weighted by atomic mass is 16.2. The van der Waals surface area contributed by atoms with Gasteiger partial charge in [0, 0.05) is 20.5 Å². The number of carbonyl (C=O) groups excluding carboxylic acids is 1. The lowest BCUT2D eigenvalue weighted by Crippen LogP contribution is -2.42. The minimum absolute atomic E-state index is 0.0678. The Labute approximate surface area is 92.2 Å². The second-order valence-electron chi connectivity index (χ2n) is 4.87. The molecule has 0 radical (unpaired) electrons. The molecule has 1 aliphatic carbocycles. The maximum Gasteiger partial charge on any atom is 0.234 e. The molecule has 1 aliphatic rings. The van der Waals surface area contributed by atoms with Crippen molar-refractivity contribution >= 4 is 5.91 Å². The Kier molecular flexibility index (Phi) is 4.54.